The topological polar surface area (TPSA) is 76.7 Å². The number of thiophene rings is 1. The van der Waals surface area contributed by atoms with Crippen molar-refractivity contribution >= 4 is 45.4 Å². The van der Waals surface area contributed by atoms with E-state index in [1.54, 1.807) is 18.2 Å². The van der Waals surface area contributed by atoms with Crippen molar-refractivity contribution in [2.75, 3.05) is 23.8 Å². The summed E-state index contributed by atoms with van der Waals surface area (Å²) in [6.45, 7) is 8.44. The fourth-order valence-corrected chi connectivity index (χ4v) is 3.69. The Hall–Kier alpha value is -2.25. The largest absolute Gasteiger partial charge is 0.490 e. The molecule has 2 N–H and O–H groups in total. The maximum absolute atomic E-state index is 12.8. The zero-order valence-corrected chi connectivity index (χ0v) is 17.8. The molecule has 0 bridgehead atoms. The number of halogens is 1. The third kappa shape index (κ3) is 4.59. The summed E-state index contributed by atoms with van der Waals surface area (Å²) in [5.41, 5.74) is 0.707. The summed E-state index contributed by atoms with van der Waals surface area (Å²) in [6, 6.07) is 5.11. The number of amides is 2. The van der Waals surface area contributed by atoms with Crippen LogP contribution in [0, 0.1) is 12.3 Å². The fraction of sp³-hybridized carbons (Fsp3) is 0.400. The van der Waals surface area contributed by atoms with Gasteiger partial charge in [0, 0.05) is 24.0 Å². The summed E-state index contributed by atoms with van der Waals surface area (Å²) >= 11 is 7.53. The summed E-state index contributed by atoms with van der Waals surface area (Å²) in [6.07, 6.45) is 0.783. The van der Waals surface area contributed by atoms with E-state index in [1.165, 1.54) is 11.3 Å². The van der Waals surface area contributed by atoms with Gasteiger partial charge in [-0.15, -0.1) is 11.3 Å². The Kier molecular flexibility index (Phi) is 5.86. The minimum atomic E-state index is -0.516. The first-order valence-electron chi connectivity index (χ1n) is 8.97. The number of ether oxygens (including phenoxy) is 2. The van der Waals surface area contributed by atoms with Gasteiger partial charge in [0.15, 0.2) is 11.5 Å². The van der Waals surface area contributed by atoms with Crippen molar-refractivity contribution in [2.24, 2.45) is 5.41 Å². The summed E-state index contributed by atoms with van der Waals surface area (Å²) in [5, 5.41) is 6.68. The first-order chi connectivity index (χ1) is 13.1. The molecule has 28 heavy (non-hydrogen) atoms. The number of aryl methyl sites for hydroxylation is 1. The summed E-state index contributed by atoms with van der Waals surface area (Å²) in [7, 11) is 0. The van der Waals surface area contributed by atoms with E-state index in [0.717, 1.165) is 12.0 Å². The van der Waals surface area contributed by atoms with Gasteiger partial charge in [-0.3, -0.25) is 9.59 Å². The highest BCUT2D eigenvalue weighted by atomic mass is 35.5. The average Bonchev–Trinajstić information content (AvgIpc) is 2.82. The molecule has 1 aromatic carbocycles. The number of rotatable bonds is 3. The first-order valence-corrected chi connectivity index (χ1v) is 10.2. The summed E-state index contributed by atoms with van der Waals surface area (Å²) in [4.78, 5) is 25.5. The van der Waals surface area contributed by atoms with Crippen molar-refractivity contribution in [1.82, 2.24) is 0 Å². The Morgan fingerprint density at radius 1 is 1.07 bits per heavy atom. The SMILES string of the molecule is Cc1cc(NC(=O)C(C)(C)C)sc1C(=O)Nc1cc2c(cc1Cl)OCCCO2. The number of carbonyl (C=O) groups is 2. The van der Waals surface area contributed by atoms with Gasteiger partial charge in [-0.25, -0.2) is 0 Å². The van der Waals surface area contributed by atoms with Crippen LogP contribution in [0.25, 0.3) is 0 Å². The second-order valence-electron chi connectivity index (χ2n) is 7.61. The number of carbonyl (C=O) groups excluding carboxylic acids is 2. The van der Waals surface area contributed by atoms with E-state index in [1.807, 2.05) is 27.7 Å². The van der Waals surface area contributed by atoms with Crippen LogP contribution in [0.5, 0.6) is 11.5 Å². The molecule has 0 spiro atoms. The monoisotopic (exact) mass is 422 g/mol. The molecule has 8 heteroatoms. The van der Waals surface area contributed by atoms with Crippen LogP contribution in [0.4, 0.5) is 10.7 Å². The predicted octanol–water partition coefficient (Wildman–Crippen LogP) is 5.11. The van der Waals surface area contributed by atoms with Gasteiger partial charge in [-0.05, 0) is 18.6 Å². The van der Waals surface area contributed by atoms with Crippen LogP contribution >= 0.6 is 22.9 Å². The Morgan fingerprint density at radius 2 is 1.71 bits per heavy atom. The third-order valence-corrected chi connectivity index (χ3v) is 5.59. The molecule has 0 saturated carbocycles. The quantitative estimate of drug-likeness (QED) is 0.720. The zero-order valence-electron chi connectivity index (χ0n) is 16.3. The van der Waals surface area contributed by atoms with E-state index < -0.39 is 5.41 Å². The predicted molar refractivity (Wildman–Crippen MR) is 112 cm³/mol. The van der Waals surface area contributed by atoms with Crippen molar-refractivity contribution in [1.29, 1.82) is 0 Å². The Balaban J connectivity index is 1.78. The molecule has 0 atom stereocenters. The molecule has 6 nitrogen and oxygen atoms in total. The van der Waals surface area contributed by atoms with E-state index in [0.29, 0.717) is 45.3 Å². The summed E-state index contributed by atoms with van der Waals surface area (Å²) < 4.78 is 11.3. The van der Waals surface area contributed by atoms with Crippen LogP contribution in [0.3, 0.4) is 0 Å². The van der Waals surface area contributed by atoms with Gasteiger partial charge in [0.1, 0.15) is 0 Å². The molecule has 0 fully saturated rings. The van der Waals surface area contributed by atoms with Crippen molar-refractivity contribution in [3.8, 4) is 11.5 Å². The molecule has 2 heterocycles. The standard InChI is InChI=1S/C20H23ClN2O4S/c1-11-8-16(23-19(25)20(2,3)4)28-17(11)18(24)22-13-10-15-14(9-12(13)21)26-6-5-7-27-15/h8-10H,5-7H2,1-4H3,(H,22,24)(H,23,25). The van der Waals surface area contributed by atoms with Gasteiger partial charge in [0.05, 0.1) is 33.8 Å². The van der Waals surface area contributed by atoms with Crippen molar-refractivity contribution in [2.45, 2.75) is 34.1 Å². The van der Waals surface area contributed by atoms with E-state index in [9.17, 15) is 9.59 Å². The number of hydrogen-bond acceptors (Lipinski definition) is 5. The molecular weight excluding hydrogens is 400 g/mol. The highest BCUT2D eigenvalue weighted by Gasteiger charge is 2.23. The normalized spacial score (nSPS) is 13.6. The Labute approximate surface area is 173 Å². The summed E-state index contributed by atoms with van der Waals surface area (Å²) in [5.74, 6) is 0.722. The molecule has 1 aromatic heterocycles. The first kappa shape index (κ1) is 20.5. The number of anilines is 2. The molecular formula is C20H23ClN2O4S. The molecule has 1 aliphatic rings. The second kappa shape index (κ2) is 8.01. The molecule has 0 saturated heterocycles. The van der Waals surface area contributed by atoms with Crippen LogP contribution in [0.1, 0.15) is 42.4 Å². The minimum absolute atomic E-state index is 0.105. The molecule has 150 valence electrons. The van der Waals surface area contributed by atoms with Crippen molar-refractivity contribution < 1.29 is 19.1 Å². The zero-order chi connectivity index (χ0) is 20.5. The number of benzene rings is 1. The van der Waals surface area contributed by atoms with Gasteiger partial charge >= 0.3 is 0 Å². The van der Waals surface area contributed by atoms with Crippen molar-refractivity contribution in [3.63, 3.8) is 0 Å². The molecule has 2 aromatic rings. The van der Waals surface area contributed by atoms with Crippen LogP contribution in [0.15, 0.2) is 18.2 Å². The Morgan fingerprint density at radius 3 is 2.36 bits per heavy atom. The van der Waals surface area contributed by atoms with Gasteiger partial charge in [0.25, 0.3) is 5.91 Å². The number of nitrogens with one attached hydrogen (secondary N) is 2. The molecule has 3 rings (SSSR count). The van der Waals surface area contributed by atoms with Crippen LogP contribution in [-0.2, 0) is 4.79 Å². The molecule has 1 aliphatic heterocycles. The molecule has 0 radical (unpaired) electrons. The second-order valence-corrected chi connectivity index (χ2v) is 9.07. The molecule has 0 aliphatic carbocycles. The highest BCUT2D eigenvalue weighted by molar-refractivity contribution is 7.18. The highest BCUT2D eigenvalue weighted by Crippen LogP contribution is 2.38. The third-order valence-electron chi connectivity index (χ3n) is 4.13. The number of hydrogen-bond donors (Lipinski definition) is 2. The lowest BCUT2D eigenvalue weighted by molar-refractivity contribution is -0.123. The van der Waals surface area contributed by atoms with Gasteiger partial charge in [-0.1, -0.05) is 32.4 Å². The molecule has 0 unspecified atom stereocenters. The van der Waals surface area contributed by atoms with Gasteiger partial charge in [0.2, 0.25) is 5.91 Å². The minimum Gasteiger partial charge on any atom is -0.490 e. The van der Waals surface area contributed by atoms with Crippen molar-refractivity contribution in [3.05, 3.63) is 33.7 Å². The Bertz CT molecular complexity index is 918. The van der Waals surface area contributed by atoms with E-state index in [2.05, 4.69) is 10.6 Å². The fourth-order valence-electron chi connectivity index (χ4n) is 2.53. The lowest BCUT2D eigenvalue weighted by atomic mass is 9.96. The van der Waals surface area contributed by atoms with E-state index >= 15 is 0 Å². The van der Waals surface area contributed by atoms with E-state index in [-0.39, 0.29) is 11.8 Å². The lowest BCUT2D eigenvalue weighted by Gasteiger charge is -2.16. The smallest absolute Gasteiger partial charge is 0.266 e. The van der Waals surface area contributed by atoms with Gasteiger partial charge in [-0.2, -0.15) is 0 Å². The average molecular weight is 423 g/mol. The van der Waals surface area contributed by atoms with E-state index in [4.69, 9.17) is 21.1 Å². The lowest BCUT2D eigenvalue weighted by Crippen LogP contribution is -2.27. The van der Waals surface area contributed by atoms with Crippen LogP contribution < -0.4 is 20.1 Å². The van der Waals surface area contributed by atoms with Crippen LogP contribution in [-0.4, -0.2) is 25.0 Å². The maximum Gasteiger partial charge on any atom is 0.266 e. The number of fused-ring (bicyclic) bond motifs is 1. The molecule has 2 amide bonds. The van der Waals surface area contributed by atoms with Crippen LogP contribution in [0.2, 0.25) is 5.02 Å². The maximum atomic E-state index is 12.8. The van der Waals surface area contributed by atoms with Gasteiger partial charge < -0.3 is 20.1 Å².